The highest BCUT2D eigenvalue weighted by Crippen LogP contribution is 2.36. The number of carbonyl (C=O) groups is 1. The van der Waals surface area contributed by atoms with E-state index < -0.39 is 7.12 Å². The number of anilines is 1. The molecule has 2 saturated heterocycles. The smallest absolute Gasteiger partial charge is 0.399 e. The molecule has 0 bridgehead atoms. The maximum absolute atomic E-state index is 11.4. The molecule has 3 heterocycles. The number of rotatable bonds is 3. The third kappa shape index (κ3) is 3.79. The van der Waals surface area contributed by atoms with Crippen LogP contribution in [0.1, 0.15) is 47.5 Å². The fourth-order valence-corrected chi connectivity index (χ4v) is 3.03. The summed E-state index contributed by atoms with van der Waals surface area (Å²) in [6.07, 6.45) is 5.31. The van der Waals surface area contributed by atoms with Crippen LogP contribution < -0.4 is 10.8 Å². The first-order valence-corrected chi connectivity index (χ1v) is 8.87. The minimum atomic E-state index is -0.446. The van der Waals surface area contributed by atoms with E-state index in [9.17, 15) is 4.79 Å². The molecule has 2 aliphatic heterocycles. The van der Waals surface area contributed by atoms with Crippen LogP contribution in [-0.2, 0) is 14.1 Å². The average Bonchev–Trinajstić information content (AvgIpc) is 2.76. The second-order valence-electron chi connectivity index (χ2n) is 7.85. The van der Waals surface area contributed by atoms with Crippen LogP contribution in [0.2, 0.25) is 0 Å². The van der Waals surface area contributed by atoms with Crippen LogP contribution in [-0.4, -0.2) is 58.2 Å². The van der Waals surface area contributed by atoms with Gasteiger partial charge in [0.25, 0.3) is 0 Å². The van der Waals surface area contributed by atoms with Crippen LogP contribution >= 0.6 is 0 Å². The van der Waals surface area contributed by atoms with E-state index in [1.54, 1.807) is 19.3 Å². The first-order chi connectivity index (χ1) is 11.7. The summed E-state index contributed by atoms with van der Waals surface area (Å²) in [5.74, 6) is 0.739. The molecule has 0 spiro atoms. The molecule has 0 aromatic carbocycles. The number of amides is 1. The lowest BCUT2D eigenvalue weighted by Gasteiger charge is -2.32. The number of nitrogens with zero attached hydrogens (tertiary/aromatic N) is 3. The second-order valence-corrected chi connectivity index (χ2v) is 7.85. The SMILES string of the molecule is CC(=O)N1CCC(Nc2ncc(B3OC(C)(C)C(C)(C)O3)cn2)CC1. The van der Waals surface area contributed by atoms with Gasteiger partial charge in [0.15, 0.2) is 0 Å². The zero-order chi connectivity index (χ0) is 18.2. The van der Waals surface area contributed by atoms with Gasteiger partial charge in [-0.2, -0.15) is 0 Å². The highest BCUT2D eigenvalue weighted by Gasteiger charge is 2.51. The van der Waals surface area contributed by atoms with Crippen LogP contribution in [0.4, 0.5) is 5.95 Å². The average molecular weight is 346 g/mol. The molecule has 8 heteroatoms. The number of aromatic nitrogens is 2. The van der Waals surface area contributed by atoms with Gasteiger partial charge in [-0.05, 0) is 40.5 Å². The molecule has 2 aliphatic rings. The fraction of sp³-hybridized carbons (Fsp3) is 0.706. The number of hydrogen-bond donors (Lipinski definition) is 1. The lowest BCUT2D eigenvalue weighted by molar-refractivity contribution is -0.129. The van der Waals surface area contributed by atoms with Gasteiger partial charge in [0.05, 0.1) is 11.2 Å². The van der Waals surface area contributed by atoms with E-state index in [4.69, 9.17) is 9.31 Å². The van der Waals surface area contributed by atoms with E-state index in [-0.39, 0.29) is 17.1 Å². The van der Waals surface area contributed by atoms with Crippen LogP contribution in [0, 0.1) is 0 Å². The molecule has 7 nitrogen and oxygen atoms in total. The van der Waals surface area contributed by atoms with Gasteiger partial charge in [-0.1, -0.05) is 0 Å². The van der Waals surface area contributed by atoms with E-state index in [2.05, 4.69) is 15.3 Å². The van der Waals surface area contributed by atoms with Crippen LogP contribution in [0.25, 0.3) is 0 Å². The van der Waals surface area contributed by atoms with E-state index in [0.717, 1.165) is 31.4 Å². The summed E-state index contributed by atoms with van der Waals surface area (Å²) in [4.78, 5) is 22.1. The van der Waals surface area contributed by atoms with E-state index >= 15 is 0 Å². The van der Waals surface area contributed by atoms with Crippen molar-refractivity contribution in [2.45, 2.75) is 64.7 Å². The number of hydrogen-bond acceptors (Lipinski definition) is 6. The molecule has 0 atom stereocenters. The zero-order valence-corrected chi connectivity index (χ0v) is 15.7. The number of piperidine rings is 1. The molecule has 0 radical (unpaired) electrons. The Morgan fingerprint density at radius 1 is 1.16 bits per heavy atom. The molecule has 25 heavy (non-hydrogen) atoms. The summed E-state index contributed by atoms with van der Waals surface area (Å²) >= 11 is 0. The van der Waals surface area contributed by atoms with Gasteiger partial charge in [0, 0.05) is 43.9 Å². The summed E-state index contributed by atoms with van der Waals surface area (Å²) in [7, 11) is -0.446. The van der Waals surface area contributed by atoms with Crippen molar-refractivity contribution in [3.05, 3.63) is 12.4 Å². The Bertz CT molecular complexity index is 611. The Balaban J connectivity index is 1.58. The molecule has 0 aliphatic carbocycles. The third-order valence-corrected chi connectivity index (χ3v) is 5.47. The summed E-state index contributed by atoms with van der Waals surface area (Å²) in [6.45, 7) is 11.3. The van der Waals surface area contributed by atoms with Crippen molar-refractivity contribution in [2.24, 2.45) is 0 Å². The van der Waals surface area contributed by atoms with Gasteiger partial charge in [0.1, 0.15) is 0 Å². The number of nitrogens with one attached hydrogen (secondary N) is 1. The Hall–Kier alpha value is -1.67. The fourth-order valence-electron chi connectivity index (χ4n) is 3.03. The van der Waals surface area contributed by atoms with Gasteiger partial charge in [-0.25, -0.2) is 9.97 Å². The molecule has 1 aromatic rings. The molecule has 2 fully saturated rings. The van der Waals surface area contributed by atoms with Gasteiger partial charge in [-0.3, -0.25) is 4.79 Å². The molecule has 1 N–H and O–H groups in total. The van der Waals surface area contributed by atoms with Crippen molar-refractivity contribution in [2.75, 3.05) is 18.4 Å². The second kappa shape index (κ2) is 6.57. The van der Waals surface area contributed by atoms with Crippen molar-refractivity contribution in [3.8, 4) is 0 Å². The largest absolute Gasteiger partial charge is 0.498 e. The Morgan fingerprint density at radius 2 is 1.68 bits per heavy atom. The van der Waals surface area contributed by atoms with E-state index in [1.807, 2.05) is 32.6 Å². The summed E-state index contributed by atoms with van der Waals surface area (Å²) in [5, 5.41) is 3.35. The Labute approximate surface area is 149 Å². The molecule has 1 aromatic heterocycles. The lowest BCUT2D eigenvalue weighted by atomic mass is 9.81. The summed E-state index contributed by atoms with van der Waals surface area (Å²) in [5.41, 5.74) is 0.0639. The van der Waals surface area contributed by atoms with Gasteiger partial charge >= 0.3 is 7.12 Å². The Morgan fingerprint density at radius 3 is 2.16 bits per heavy atom. The molecule has 0 saturated carbocycles. The monoisotopic (exact) mass is 346 g/mol. The van der Waals surface area contributed by atoms with Crippen LogP contribution in [0.5, 0.6) is 0 Å². The van der Waals surface area contributed by atoms with Crippen molar-refractivity contribution in [3.63, 3.8) is 0 Å². The maximum Gasteiger partial charge on any atom is 0.498 e. The van der Waals surface area contributed by atoms with Crippen molar-refractivity contribution < 1.29 is 14.1 Å². The van der Waals surface area contributed by atoms with Crippen LogP contribution in [0.15, 0.2) is 12.4 Å². The van der Waals surface area contributed by atoms with Gasteiger partial charge in [-0.15, -0.1) is 0 Å². The first-order valence-electron chi connectivity index (χ1n) is 8.87. The highest BCUT2D eigenvalue weighted by molar-refractivity contribution is 6.61. The highest BCUT2D eigenvalue weighted by atomic mass is 16.7. The van der Waals surface area contributed by atoms with Crippen LogP contribution in [0.3, 0.4) is 0 Å². The number of carbonyl (C=O) groups excluding carboxylic acids is 1. The molecule has 3 rings (SSSR count). The van der Waals surface area contributed by atoms with E-state index in [0.29, 0.717) is 12.0 Å². The predicted octanol–water partition coefficient (Wildman–Crippen LogP) is 1.20. The van der Waals surface area contributed by atoms with Crippen molar-refractivity contribution >= 4 is 24.4 Å². The Kier molecular flexibility index (Phi) is 4.77. The first kappa shape index (κ1) is 18.1. The van der Waals surface area contributed by atoms with Crippen molar-refractivity contribution in [1.29, 1.82) is 0 Å². The van der Waals surface area contributed by atoms with Gasteiger partial charge in [0.2, 0.25) is 11.9 Å². The van der Waals surface area contributed by atoms with Crippen molar-refractivity contribution in [1.82, 2.24) is 14.9 Å². The predicted molar refractivity (Wildman–Crippen MR) is 96.6 cm³/mol. The minimum Gasteiger partial charge on any atom is -0.399 e. The summed E-state index contributed by atoms with van der Waals surface area (Å²) in [6, 6.07) is 0.290. The molecular weight excluding hydrogens is 319 g/mol. The molecule has 136 valence electrons. The lowest BCUT2D eigenvalue weighted by Crippen LogP contribution is -2.41. The standard InChI is InChI=1S/C17H27BN4O3/c1-12(23)22-8-6-14(7-9-22)21-15-19-10-13(11-20-15)18-24-16(2,3)17(4,5)25-18/h10-11,14H,6-9H2,1-5H3,(H,19,20,21). The third-order valence-electron chi connectivity index (χ3n) is 5.47. The zero-order valence-electron chi connectivity index (χ0n) is 15.7. The van der Waals surface area contributed by atoms with E-state index in [1.165, 1.54) is 0 Å². The maximum atomic E-state index is 11.4. The minimum absolute atomic E-state index is 0.140. The molecular formula is C17H27BN4O3. The molecule has 0 unspecified atom stereocenters. The van der Waals surface area contributed by atoms with Gasteiger partial charge < -0.3 is 19.5 Å². The molecule has 1 amide bonds. The topological polar surface area (TPSA) is 76.6 Å². The normalized spacial score (nSPS) is 22.9. The number of likely N-dealkylation sites (tertiary alicyclic amines) is 1. The summed E-state index contributed by atoms with van der Waals surface area (Å²) < 4.78 is 12.0. The quantitative estimate of drug-likeness (QED) is 0.829.